The zero-order valence-electron chi connectivity index (χ0n) is 12.0. The number of nitrogens with one attached hydrogen (secondary N) is 1. The highest BCUT2D eigenvalue weighted by Gasteiger charge is 2.23. The van der Waals surface area contributed by atoms with Crippen molar-refractivity contribution < 1.29 is 0 Å². The Morgan fingerprint density at radius 2 is 2.21 bits per heavy atom. The molecule has 2 atom stereocenters. The van der Waals surface area contributed by atoms with Gasteiger partial charge in [0.15, 0.2) is 0 Å². The van der Waals surface area contributed by atoms with E-state index >= 15 is 0 Å². The molecular weight excluding hydrogens is 256 g/mol. The van der Waals surface area contributed by atoms with Crippen LogP contribution in [0, 0.1) is 0 Å². The standard InChI is InChI=1S/C16H25ClN2/c1-3-16(13-6-4-7-14(17)12-13)19(2)15-8-5-10-18-11-9-15/h4,6-7,12,15-16,18H,3,5,8-11H2,1-2H3. The number of benzene rings is 1. The van der Waals surface area contributed by atoms with Gasteiger partial charge >= 0.3 is 0 Å². The zero-order chi connectivity index (χ0) is 13.7. The minimum absolute atomic E-state index is 0.474. The Hall–Kier alpha value is -0.570. The number of hydrogen-bond donors (Lipinski definition) is 1. The van der Waals surface area contributed by atoms with Crippen molar-refractivity contribution in [1.82, 2.24) is 10.2 Å². The van der Waals surface area contributed by atoms with Gasteiger partial charge in [-0.2, -0.15) is 0 Å². The SMILES string of the molecule is CCC(c1cccc(Cl)c1)N(C)C1CCCNCC1. The lowest BCUT2D eigenvalue weighted by Gasteiger charge is -2.34. The smallest absolute Gasteiger partial charge is 0.0409 e. The molecule has 1 aromatic carbocycles. The lowest BCUT2D eigenvalue weighted by molar-refractivity contribution is 0.156. The fraction of sp³-hybridized carbons (Fsp3) is 0.625. The Morgan fingerprint density at radius 3 is 2.95 bits per heavy atom. The van der Waals surface area contributed by atoms with Crippen LogP contribution in [0.4, 0.5) is 0 Å². The minimum atomic E-state index is 0.474. The quantitative estimate of drug-likeness (QED) is 0.901. The first-order valence-electron chi connectivity index (χ1n) is 7.40. The summed E-state index contributed by atoms with van der Waals surface area (Å²) in [5, 5.41) is 4.33. The van der Waals surface area contributed by atoms with Crippen LogP contribution >= 0.6 is 11.6 Å². The highest BCUT2D eigenvalue weighted by molar-refractivity contribution is 6.30. The van der Waals surface area contributed by atoms with Crippen LogP contribution in [0.3, 0.4) is 0 Å². The summed E-state index contributed by atoms with van der Waals surface area (Å²) in [4.78, 5) is 2.55. The Labute approximate surface area is 122 Å². The molecule has 1 aromatic rings. The Morgan fingerprint density at radius 1 is 1.37 bits per heavy atom. The van der Waals surface area contributed by atoms with E-state index in [0.29, 0.717) is 12.1 Å². The van der Waals surface area contributed by atoms with Crippen molar-refractivity contribution in [3.8, 4) is 0 Å². The van der Waals surface area contributed by atoms with Gasteiger partial charge in [0.25, 0.3) is 0 Å². The molecule has 0 radical (unpaired) electrons. The average Bonchev–Trinajstić information content (AvgIpc) is 2.68. The second kappa shape index (κ2) is 7.28. The lowest BCUT2D eigenvalue weighted by atomic mass is 9.99. The van der Waals surface area contributed by atoms with Crippen LogP contribution in [-0.2, 0) is 0 Å². The molecule has 1 fully saturated rings. The second-order valence-corrected chi connectivity index (χ2v) is 5.92. The van der Waals surface area contributed by atoms with E-state index in [0.717, 1.165) is 24.5 Å². The molecule has 106 valence electrons. The van der Waals surface area contributed by atoms with Gasteiger partial charge in [-0.3, -0.25) is 4.90 Å². The first-order valence-corrected chi connectivity index (χ1v) is 7.78. The van der Waals surface area contributed by atoms with Gasteiger partial charge in [-0.15, -0.1) is 0 Å². The maximum absolute atomic E-state index is 6.13. The topological polar surface area (TPSA) is 15.3 Å². The van der Waals surface area contributed by atoms with E-state index in [4.69, 9.17) is 11.6 Å². The molecular formula is C16H25ClN2. The predicted molar refractivity (Wildman–Crippen MR) is 82.8 cm³/mol. The molecule has 0 spiro atoms. The monoisotopic (exact) mass is 280 g/mol. The van der Waals surface area contributed by atoms with Gasteiger partial charge in [-0.25, -0.2) is 0 Å². The molecule has 2 nitrogen and oxygen atoms in total. The molecule has 2 unspecified atom stereocenters. The highest BCUT2D eigenvalue weighted by atomic mass is 35.5. The maximum atomic E-state index is 6.13. The normalized spacial score (nSPS) is 22.2. The highest BCUT2D eigenvalue weighted by Crippen LogP contribution is 2.29. The number of halogens is 1. The Balaban J connectivity index is 2.11. The van der Waals surface area contributed by atoms with Crippen LogP contribution in [0.25, 0.3) is 0 Å². The fourth-order valence-corrected chi connectivity index (χ4v) is 3.33. The minimum Gasteiger partial charge on any atom is -0.317 e. The summed E-state index contributed by atoms with van der Waals surface area (Å²) in [5.74, 6) is 0. The van der Waals surface area contributed by atoms with Crippen molar-refractivity contribution in [2.24, 2.45) is 0 Å². The predicted octanol–water partition coefficient (Wildman–Crippen LogP) is 3.87. The maximum Gasteiger partial charge on any atom is 0.0409 e. The van der Waals surface area contributed by atoms with Gasteiger partial charge in [-0.1, -0.05) is 30.7 Å². The number of hydrogen-bond acceptors (Lipinski definition) is 2. The third-order valence-electron chi connectivity index (χ3n) is 4.23. The molecule has 0 amide bonds. The number of rotatable bonds is 4. The molecule has 0 aromatic heterocycles. The van der Waals surface area contributed by atoms with Crippen LogP contribution in [0.15, 0.2) is 24.3 Å². The molecule has 19 heavy (non-hydrogen) atoms. The van der Waals surface area contributed by atoms with Gasteiger partial charge in [0.05, 0.1) is 0 Å². The summed E-state index contributed by atoms with van der Waals surface area (Å²) in [6.45, 7) is 4.57. The van der Waals surface area contributed by atoms with E-state index in [-0.39, 0.29) is 0 Å². The third-order valence-corrected chi connectivity index (χ3v) is 4.47. The Kier molecular flexibility index (Phi) is 5.68. The molecule has 0 bridgehead atoms. The van der Waals surface area contributed by atoms with Crippen LogP contribution < -0.4 is 5.32 Å². The third kappa shape index (κ3) is 3.95. The summed E-state index contributed by atoms with van der Waals surface area (Å²) >= 11 is 6.13. The molecule has 0 saturated carbocycles. The van der Waals surface area contributed by atoms with Crippen LogP contribution in [0.2, 0.25) is 5.02 Å². The molecule has 2 rings (SSSR count). The van der Waals surface area contributed by atoms with E-state index in [1.54, 1.807) is 0 Å². The average molecular weight is 281 g/mol. The van der Waals surface area contributed by atoms with E-state index in [1.165, 1.54) is 24.8 Å². The first kappa shape index (κ1) is 14.8. The van der Waals surface area contributed by atoms with Gasteiger partial charge in [0, 0.05) is 17.1 Å². The van der Waals surface area contributed by atoms with Crippen molar-refractivity contribution in [3.05, 3.63) is 34.9 Å². The Bertz CT molecular complexity index is 386. The van der Waals surface area contributed by atoms with Crippen molar-refractivity contribution in [1.29, 1.82) is 0 Å². The molecule has 1 heterocycles. The molecule has 1 N–H and O–H groups in total. The summed E-state index contributed by atoms with van der Waals surface area (Å²) in [5.41, 5.74) is 1.34. The van der Waals surface area contributed by atoms with E-state index in [2.05, 4.69) is 42.4 Å². The number of nitrogens with zero attached hydrogens (tertiary/aromatic N) is 1. The van der Waals surface area contributed by atoms with Crippen molar-refractivity contribution in [2.75, 3.05) is 20.1 Å². The molecule has 3 heteroatoms. The largest absolute Gasteiger partial charge is 0.317 e. The van der Waals surface area contributed by atoms with E-state index in [9.17, 15) is 0 Å². The van der Waals surface area contributed by atoms with Crippen LogP contribution in [0.5, 0.6) is 0 Å². The fourth-order valence-electron chi connectivity index (χ4n) is 3.14. The molecule has 1 aliphatic heterocycles. The zero-order valence-corrected chi connectivity index (χ0v) is 12.8. The second-order valence-electron chi connectivity index (χ2n) is 5.48. The van der Waals surface area contributed by atoms with Crippen molar-refractivity contribution >= 4 is 11.6 Å². The summed E-state index contributed by atoms with van der Waals surface area (Å²) in [6, 6.07) is 9.48. The summed E-state index contributed by atoms with van der Waals surface area (Å²) < 4.78 is 0. The first-order chi connectivity index (χ1) is 9.22. The van der Waals surface area contributed by atoms with Gasteiger partial charge < -0.3 is 5.32 Å². The molecule has 1 aliphatic rings. The lowest BCUT2D eigenvalue weighted by Crippen LogP contribution is -2.35. The van der Waals surface area contributed by atoms with E-state index < -0.39 is 0 Å². The molecule has 0 aliphatic carbocycles. The van der Waals surface area contributed by atoms with Crippen LogP contribution in [-0.4, -0.2) is 31.1 Å². The van der Waals surface area contributed by atoms with Gasteiger partial charge in [0.2, 0.25) is 0 Å². The van der Waals surface area contributed by atoms with E-state index in [1.807, 2.05) is 6.07 Å². The summed E-state index contributed by atoms with van der Waals surface area (Å²) in [7, 11) is 2.27. The van der Waals surface area contributed by atoms with Crippen molar-refractivity contribution in [2.45, 2.75) is 44.7 Å². The molecule has 1 saturated heterocycles. The summed E-state index contributed by atoms with van der Waals surface area (Å²) in [6.07, 6.45) is 4.94. The van der Waals surface area contributed by atoms with Gasteiger partial charge in [0.1, 0.15) is 0 Å². The van der Waals surface area contributed by atoms with Crippen LogP contribution in [0.1, 0.15) is 44.2 Å². The van der Waals surface area contributed by atoms with Crippen molar-refractivity contribution in [3.63, 3.8) is 0 Å². The van der Waals surface area contributed by atoms with Gasteiger partial charge in [-0.05, 0) is 63.5 Å².